The third-order valence-corrected chi connectivity index (χ3v) is 3.52. The zero-order valence-electron chi connectivity index (χ0n) is 10.3. The second kappa shape index (κ2) is 4.73. The lowest BCUT2D eigenvalue weighted by Gasteiger charge is -2.06. The highest BCUT2D eigenvalue weighted by molar-refractivity contribution is 7.17. The van der Waals surface area contributed by atoms with Gasteiger partial charge in [0.2, 0.25) is 0 Å². The van der Waals surface area contributed by atoms with Crippen LogP contribution in [-0.4, -0.2) is 21.0 Å². The first-order chi connectivity index (χ1) is 8.47. The number of pyridine rings is 1. The topological polar surface area (TPSA) is 75.1 Å². The van der Waals surface area contributed by atoms with Crippen molar-refractivity contribution in [1.82, 2.24) is 9.97 Å². The largest absolute Gasteiger partial charge is 0.477 e. The van der Waals surface area contributed by atoms with Gasteiger partial charge >= 0.3 is 5.97 Å². The van der Waals surface area contributed by atoms with E-state index >= 15 is 0 Å². The van der Waals surface area contributed by atoms with Crippen molar-refractivity contribution in [2.24, 2.45) is 0 Å². The maximum absolute atomic E-state index is 10.9. The van der Waals surface area contributed by atoms with Gasteiger partial charge in [0.25, 0.3) is 0 Å². The Hall–Kier alpha value is -1.95. The summed E-state index contributed by atoms with van der Waals surface area (Å²) in [6, 6.07) is 3.81. The smallest absolute Gasteiger partial charge is 0.347 e. The van der Waals surface area contributed by atoms with E-state index in [1.54, 1.807) is 6.92 Å². The van der Waals surface area contributed by atoms with E-state index in [4.69, 9.17) is 5.11 Å². The summed E-state index contributed by atoms with van der Waals surface area (Å²) in [6.45, 7) is 5.51. The lowest BCUT2D eigenvalue weighted by molar-refractivity contribution is 0.0701. The number of carboxylic acids is 1. The van der Waals surface area contributed by atoms with Gasteiger partial charge in [0.1, 0.15) is 4.88 Å². The van der Waals surface area contributed by atoms with Crippen LogP contribution in [0.15, 0.2) is 12.1 Å². The molecule has 0 spiro atoms. The summed E-state index contributed by atoms with van der Waals surface area (Å²) in [7, 11) is 0. The van der Waals surface area contributed by atoms with E-state index in [0.717, 1.165) is 28.4 Å². The molecule has 5 nitrogen and oxygen atoms in total. The van der Waals surface area contributed by atoms with Gasteiger partial charge in [-0.2, -0.15) is 0 Å². The Bertz CT molecular complexity index is 607. The van der Waals surface area contributed by atoms with Crippen LogP contribution < -0.4 is 5.32 Å². The minimum atomic E-state index is -0.947. The number of anilines is 2. The summed E-state index contributed by atoms with van der Waals surface area (Å²) in [4.78, 5) is 19.7. The Morgan fingerprint density at radius 1 is 1.22 bits per heavy atom. The molecule has 0 bridgehead atoms. The lowest BCUT2D eigenvalue weighted by Crippen LogP contribution is -1.95. The fraction of sp³-hybridized carbons (Fsp3) is 0.250. The molecule has 0 amide bonds. The van der Waals surface area contributed by atoms with Gasteiger partial charge in [0, 0.05) is 5.69 Å². The first-order valence-corrected chi connectivity index (χ1v) is 6.21. The van der Waals surface area contributed by atoms with Crippen LogP contribution in [0.5, 0.6) is 0 Å². The third kappa shape index (κ3) is 2.48. The predicted molar refractivity (Wildman–Crippen MR) is 70.8 cm³/mol. The monoisotopic (exact) mass is 263 g/mol. The molecule has 0 saturated carbocycles. The molecule has 2 aromatic rings. The fourth-order valence-corrected chi connectivity index (χ4v) is 2.40. The average molecular weight is 263 g/mol. The molecule has 6 heteroatoms. The Morgan fingerprint density at radius 2 is 1.94 bits per heavy atom. The molecule has 0 aromatic carbocycles. The second-order valence-electron chi connectivity index (χ2n) is 3.95. The van der Waals surface area contributed by atoms with Crippen LogP contribution in [0.4, 0.5) is 10.8 Å². The third-order valence-electron chi connectivity index (χ3n) is 2.46. The Kier molecular flexibility index (Phi) is 3.29. The number of thiazole rings is 1. The van der Waals surface area contributed by atoms with Gasteiger partial charge in [0.05, 0.1) is 17.1 Å². The van der Waals surface area contributed by atoms with Gasteiger partial charge in [-0.3, -0.25) is 4.98 Å². The van der Waals surface area contributed by atoms with Crippen molar-refractivity contribution >= 4 is 28.1 Å². The van der Waals surface area contributed by atoms with E-state index in [1.165, 1.54) is 0 Å². The van der Waals surface area contributed by atoms with Gasteiger partial charge in [-0.25, -0.2) is 9.78 Å². The lowest BCUT2D eigenvalue weighted by atomic mass is 10.3. The average Bonchev–Trinajstić information content (AvgIpc) is 2.64. The normalized spacial score (nSPS) is 10.4. The highest BCUT2D eigenvalue weighted by atomic mass is 32.1. The van der Waals surface area contributed by atoms with Crippen LogP contribution >= 0.6 is 11.3 Å². The molecule has 0 fully saturated rings. The number of hydrogen-bond donors (Lipinski definition) is 2. The molecule has 0 aliphatic rings. The predicted octanol–water partition coefficient (Wildman–Crippen LogP) is 2.91. The van der Waals surface area contributed by atoms with E-state index in [2.05, 4.69) is 15.3 Å². The first kappa shape index (κ1) is 12.5. The number of nitrogens with zero attached hydrogens (tertiary/aromatic N) is 2. The number of carboxylic acid groups (broad SMARTS) is 1. The highest BCUT2D eigenvalue weighted by Crippen LogP contribution is 2.26. The van der Waals surface area contributed by atoms with E-state index in [1.807, 2.05) is 26.0 Å². The molecule has 2 aromatic heterocycles. The number of hydrogen-bond acceptors (Lipinski definition) is 5. The molecule has 2 heterocycles. The molecule has 2 N–H and O–H groups in total. The van der Waals surface area contributed by atoms with Crippen LogP contribution in [0.1, 0.15) is 26.8 Å². The second-order valence-corrected chi connectivity index (χ2v) is 4.95. The summed E-state index contributed by atoms with van der Waals surface area (Å²) in [5, 5.41) is 12.6. The van der Waals surface area contributed by atoms with Gasteiger partial charge in [-0.15, -0.1) is 0 Å². The highest BCUT2D eigenvalue weighted by Gasteiger charge is 2.14. The van der Waals surface area contributed by atoms with Gasteiger partial charge in [-0.1, -0.05) is 11.3 Å². The Morgan fingerprint density at radius 3 is 2.50 bits per heavy atom. The van der Waals surface area contributed by atoms with Crippen molar-refractivity contribution in [2.45, 2.75) is 20.8 Å². The summed E-state index contributed by atoms with van der Waals surface area (Å²) < 4.78 is 0. The van der Waals surface area contributed by atoms with Crippen molar-refractivity contribution in [1.29, 1.82) is 0 Å². The van der Waals surface area contributed by atoms with E-state index in [0.29, 0.717) is 10.8 Å². The van der Waals surface area contributed by atoms with E-state index in [9.17, 15) is 4.79 Å². The summed E-state index contributed by atoms with van der Waals surface area (Å²) in [5.41, 5.74) is 3.17. The minimum absolute atomic E-state index is 0.259. The van der Waals surface area contributed by atoms with Crippen molar-refractivity contribution in [2.75, 3.05) is 5.32 Å². The first-order valence-electron chi connectivity index (χ1n) is 5.39. The molecule has 0 radical (unpaired) electrons. The van der Waals surface area contributed by atoms with Crippen LogP contribution in [0.3, 0.4) is 0 Å². The molecule has 0 aliphatic heterocycles. The number of nitrogens with one attached hydrogen (secondary N) is 1. The van der Waals surface area contributed by atoms with Gasteiger partial charge in [-0.05, 0) is 32.9 Å². The summed E-state index contributed by atoms with van der Waals surface area (Å²) in [6.07, 6.45) is 0. The maximum Gasteiger partial charge on any atom is 0.347 e. The summed E-state index contributed by atoms with van der Waals surface area (Å²) >= 11 is 1.13. The number of aromatic carboxylic acids is 1. The summed E-state index contributed by atoms with van der Waals surface area (Å²) in [5.74, 6) is -0.947. The van der Waals surface area contributed by atoms with Gasteiger partial charge in [0.15, 0.2) is 5.13 Å². The molecule has 18 heavy (non-hydrogen) atoms. The standard InChI is InChI=1S/C12H13N3O2S/c1-6-4-5-9(7(2)13-6)15-12-14-8(3)10(18-12)11(16)17/h4-5H,1-3H3,(H,14,15)(H,16,17). The molecule has 0 saturated heterocycles. The molecule has 94 valence electrons. The van der Waals surface area contributed by atoms with Crippen LogP contribution in [-0.2, 0) is 0 Å². The number of rotatable bonds is 3. The van der Waals surface area contributed by atoms with E-state index < -0.39 is 5.97 Å². The number of carbonyl (C=O) groups is 1. The SMILES string of the molecule is Cc1ccc(Nc2nc(C)c(C(=O)O)s2)c(C)n1. The van der Waals surface area contributed by atoms with E-state index in [-0.39, 0.29) is 4.88 Å². The Balaban J connectivity index is 2.29. The molecular weight excluding hydrogens is 250 g/mol. The van der Waals surface area contributed by atoms with Crippen molar-refractivity contribution in [3.8, 4) is 0 Å². The molecule has 0 aliphatic carbocycles. The zero-order valence-corrected chi connectivity index (χ0v) is 11.1. The van der Waals surface area contributed by atoms with Gasteiger partial charge < -0.3 is 10.4 Å². The van der Waals surface area contributed by atoms with Crippen molar-refractivity contribution in [3.63, 3.8) is 0 Å². The quantitative estimate of drug-likeness (QED) is 0.890. The van der Waals surface area contributed by atoms with Crippen LogP contribution in [0, 0.1) is 20.8 Å². The molecule has 2 rings (SSSR count). The number of aromatic nitrogens is 2. The molecule has 0 atom stereocenters. The maximum atomic E-state index is 10.9. The number of aryl methyl sites for hydroxylation is 3. The van der Waals surface area contributed by atoms with Crippen LogP contribution in [0.25, 0.3) is 0 Å². The molecule has 0 unspecified atom stereocenters. The van der Waals surface area contributed by atoms with Crippen molar-refractivity contribution < 1.29 is 9.90 Å². The fourth-order valence-electron chi connectivity index (χ4n) is 1.58. The van der Waals surface area contributed by atoms with Crippen molar-refractivity contribution in [3.05, 3.63) is 34.1 Å². The minimum Gasteiger partial charge on any atom is -0.477 e. The zero-order chi connectivity index (χ0) is 13.3. The molecular formula is C12H13N3O2S. The Labute approximate surface area is 109 Å². The van der Waals surface area contributed by atoms with Crippen LogP contribution in [0.2, 0.25) is 0 Å².